The van der Waals surface area contributed by atoms with E-state index in [0.29, 0.717) is 19.7 Å². The van der Waals surface area contributed by atoms with Crippen molar-refractivity contribution in [3.8, 4) is 0 Å². The molecular weight excluding hydrogens is 218 g/mol. The molecule has 17 heavy (non-hydrogen) atoms. The highest BCUT2D eigenvalue weighted by atomic mass is 16.5. The van der Waals surface area contributed by atoms with Crippen LogP contribution in [0.15, 0.2) is 0 Å². The molecule has 1 fully saturated rings. The minimum Gasteiger partial charge on any atom is -0.395 e. The van der Waals surface area contributed by atoms with Crippen LogP contribution in [-0.4, -0.2) is 60.7 Å². The molecule has 4 nitrogen and oxygen atoms in total. The van der Waals surface area contributed by atoms with E-state index in [4.69, 9.17) is 9.84 Å². The Balaban J connectivity index is 2.41. The number of aliphatic hydroxyl groups excluding tert-OH is 1. The lowest BCUT2D eigenvalue weighted by Crippen LogP contribution is -2.47. The number of methoxy groups -OCH3 is 1. The molecule has 0 aromatic rings. The fourth-order valence-electron chi connectivity index (χ4n) is 2.51. The van der Waals surface area contributed by atoms with E-state index < -0.39 is 5.60 Å². The molecule has 0 unspecified atom stereocenters. The second-order valence-electron chi connectivity index (χ2n) is 5.40. The quantitative estimate of drug-likeness (QED) is 0.699. The van der Waals surface area contributed by atoms with Crippen molar-refractivity contribution < 1.29 is 14.9 Å². The molecule has 0 bridgehead atoms. The Morgan fingerprint density at radius 3 is 2.47 bits per heavy atom. The molecule has 0 atom stereocenters. The maximum Gasteiger partial charge on any atom is 0.0774 e. The highest BCUT2D eigenvalue weighted by Crippen LogP contribution is 2.32. The zero-order valence-corrected chi connectivity index (χ0v) is 11.2. The first-order valence-electron chi connectivity index (χ1n) is 6.64. The molecule has 0 spiro atoms. The van der Waals surface area contributed by atoms with Gasteiger partial charge in [-0.1, -0.05) is 6.92 Å². The average molecular weight is 245 g/mol. The van der Waals surface area contributed by atoms with Gasteiger partial charge < -0.3 is 14.9 Å². The summed E-state index contributed by atoms with van der Waals surface area (Å²) in [6, 6.07) is 0. The lowest BCUT2D eigenvalue weighted by Gasteiger charge is -2.38. The second kappa shape index (κ2) is 7.31. The van der Waals surface area contributed by atoms with Gasteiger partial charge in [0.15, 0.2) is 0 Å². The normalized spacial score (nSPS) is 29.8. The van der Waals surface area contributed by atoms with Crippen LogP contribution in [0.4, 0.5) is 0 Å². The lowest BCUT2D eigenvalue weighted by molar-refractivity contribution is -0.0406. The third-order valence-electron chi connectivity index (χ3n) is 3.75. The molecule has 1 rings (SSSR count). The summed E-state index contributed by atoms with van der Waals surface area (Å²) >= 11 is 0. The van der Waals surface area contributed by atoms with Crippen molar-refractivity contribution in [3.63, 3.8) is 0 Å². The highest BCUT2D eigenvalue weighted by Gasteiger charge is 2.33. The van der Waals surface area contributed by atoms with Crippen molar-refractivity contribution in [2.45, 2.75) is 38.2 Å². The van der Waals surface area contributed by atoms with Crippen LogP contribution in [0, 0.1) is 5.92 Å². The zero-order chi connectivity index (χ0) is 12.7. The van der Waals surface area contributed by atoms with Gasteiger partial charge in [0.25, 0.3) is 0 Å². The summed E-state index contributed by atoms with van der Waals surface area (Å²) in [5, 5.41) is 19.5. The predicted molar refractivity (Wildman–Crippen MR) is 68.0 cm³/mol. The monoisotopic (exact) mass is 245 g/mol. The molecule has 0 amide bonds. The zero-order valence-electron chi connectivity index (χ0n) is 11.2. The first-order valence-corrected chi connectivity index (χ1v) is 6.64. The summed E-state index contributed by atoms with van der Waals surface area (Å²) < 4.78 is 5.05. The van der Waals surface area contributed by atoms with Gasteiger partial charge in [0.05, 0.1) is 18.8 Å². The van der Waals surface area contributed by atoms with E-state index >= 15 is 0 Å². The molecule has 1 saturated carbocycles. The van der Waals surface area contributed by atoms with Gasteiger partial charge in [-0.2, -0.15) is 0 Å². The van der Waals surface area contributed by atoms with Crippen LogP contribution < -0.4 is 0 Å². The van der Waals surface area contributed by atoms with Crippen LogP contribution in [0.2, 0.25) is 0 Å². The van der Waals surface area contributed by atoms with Crippen molar-refractivity contribution in [2.75, 3.05) is 40.0 Å². The molecule has 102 valence electrons. The van der Waals surface area contributed by atoms with Crippen LogP contribution in [0.5, 0.6) is 0 Å². The van der Waals surface area contributed by atoms with Gasteiger partial charge in [-0.25, -0.2) is 0 Å². The lowest BCUT2D eigenvalue weighted by atomic mass is 9.79. The standard InChI is InChI=1S/C13H27NO3/c1-12-3-5-13(16,6-4-12)11-14(7-9-15)8-10-17-2/h12,15-16H,3-11H2,1-2H3. The Morgan fingerprint density at radius 2 is 1.94 bits per heavy atom. The predicted octanol–water partition coefficient (Wildman–Crippen LogP) is 0.868. The maximum absolute atomic E-state index is 10.5. The minimum absolute atomic E-state index is 0.135. The van der Waals surface area contributed by atoms with Crippen LogP contribution >= 0.6 is 0 Å². The largest absolute Gasteiger partial charge is 0.395 e. The second-order valence-corrected chi connectivity index (χ2v) is 5.40. The van der Waals surface area contributed by atoms with E-state index in [1.54, 1.807) is 7.11 Å². The molecule has 4 heteroatoms. The number of nitrogens with zero attached hydrogens (tertiary/aromatic N) is 1. The molecule has 0 aromatic carbocycles. The van der Waals surface area contributed by atoms with E-state index in [1.807, 2.05) is 0 Å². The number of hydrogen-bond donors (Lipinski definition) is 2. The van der Waals surface area contributed by atoms with Crippen LogP contribution in [0.1, 0.15) is 32.6 Å². The third kappa shape index (κ3) is 5.34. The Bertz CT molecular complexity index is 203. The van der Waals surface area contributed by atoms with E-state index in [0.717, 1.165) is 38.1 Å². The Labute approximate surface area is 105 Å². The smallest absolute Gasteiger partial charge is 0.0774 e. The SMILES string of the molecule is COCCN(CCO)CC1(O)CCC(C)CC1. The van der Waals surface area contributed by atoms with E-state index in [-0.39, 0.29) is 6.61 Å². The van der Waals surface area contributed by atoms with Crippen LogP contribution in [0.25, 0.3) is 0 Å². The van der Waals surface area contributed by atoms with Crippen molar-refractivity contribution in [3.05, 3.63) is 0 Å². The number of aliphatic hydroxyl groups is 2. The Hall–Kier alpha value is -0.160. The number of ether oxygens (including phenoxy) is 1. The van der Waals surface area contributed by atoms with Crippen molar-refractivity contribution >= 4 is 0 Å². The fraction of sp³-hybridized carbons (Fsp3) is 1.00. The summed E-state index contributed by atoms with van der Waals surface area (Å²) in [6.45, 7) is 5.07. The van der Waals surface area contributed by atoms with Gasteiger partial charge >= 0.3 is 0 Å². The molecule has 0 saturated heterocycles. The summed E-state index contributed by atoms with van der Waals surface area (Å²) in [6.07, 6.45) is 3.97. The first-order chi connectivity index (χ1) is 8.09. The molecule has 2 N–H and O–H groups in total. The summed E-state index contributed by atoms with van der Waals surface area (Å²) in [5.41, 5.74) is -0.560. The topological polar surface area (TPSA) is 52.9 Å². The Kier molecular flexibility index (Phi) is 6.41. The van der Waals surface area contributed by atoms with Crippen molar-refractivity contribution in [1.29, 1.82) is 0 Å². The molecule has 1 aliphatic rings. The summed E-state index contributed by atoms with van der Waals surface area (Å²) in [7, 11) is 1.67. The number of rotatable bonds is 7. The minimum atomic E-state index is -0.560. The van der Waals surface area contributed by atoms with Gasteiger partial charge in [-0.3, -0.25) is 4.90 Å². The summed E-state index contributed by atoms with van der Waals surface area (Å²) in [4.78, 5) is 2.10. The molecule has 1 aliphatic carbocycles. The van der Waals surface area contributed by atoms with Gasteiger partial charge in [0.2, 0.25) is 0 Å². The fourth-order valence-corrected chi connectivity index (χ4v) is 2.51. The van der Waals surface area contributed by atoms with Crippen LogP contribution in [0.3, 0.4) is 0 Å². The van der Waals surface area contributed by atoms with Gasteiger partial charge in [0, 0.05) is 26.7 Å². The number of hydrogen-bond acceptors (Lipinski definition) is 4. The van der Waals surface area contributed by atoms with Crippen molar-refractivity contribution in [2.24, 2.45) is 5.92 Å². The maximum atomic E-state index is 10.5. The Morgan fingerprint density at radius 1 is 1.29 bits per heavy atom. The molecule has 0 heterocycles. The van der Waals surface area contributed by atoms with E-state index in [9.17, 15) is 5.11 Å². The first kappa shape index (κ1) is 14.9. The molecule has 0 aliphatic heterocycles. The molecule has 0 aromatic heterocycles. The summed E-state index contributed by atoms with van der Waals surface area (Å²) in [5.74, 6) is 0.737. The van der Waals surface area contributed by atoms with Gasteiger partial charge in [0.1, 0.15) is 0 Å². The van der Waals surface area contributed by atoms with Crippen LogP contribution in [-0.2, 0) is 4.74 Å². The average Bonchev–Trinajstić information content (AvgIpc) is 2.31. The van der Waals surface area contributed by atoms with Gasteiger partial charge in [-0.05, 0) is 31.6 Å². The van der Waals surface area contributed by atoms with Crippen molar-refractivity contribution in [1.82, 2.24) is 4.90 Å². The molecule has 0 radical (unpaired) electrons. The highest BCUT2D eigenvalue weighted by molar-refractivity contribution is 4.87. The van der Waals surface area contributed by atoms with E-state index in [2.05, 4.69) is 11.8 Å². The third-order valence-corrected chi connectivity index (χ3v) is 3.75. The molecular formula is C13H27NO3. The van der Waals surface area contributed by atoms with E-state index in [1.165, 1.54) is 0 Å². The van der Waals surface area contributed by atoms with Gasteiger partial charge in [-0.15, -0.1) is 0 Å².